The van der Waals surface area contributed by atoms with Gasteiger partial charge in [-0.1, -0.05) is 12.1 Å². The smallest absolute Gasteiger partial charge is 0.411 e. The maximum atomic E-state index is 13.5. The number of rotatable bonds is 4. The fraction of sp³-hybridized carbons (Fsp3) is 0.217. The summed E-state index contributed by atoms with van der Waals surface area (Å²) in [7, 11) is 5.87. The number of fused-ring (bicyclic) bond motifs is 5. The lowest BCUT2D eigenvalue weighted by molar-refractivity contribution is 0.104. The Labute approximate surface area is 173 Å². The van der Waals surface area contributed by atoms with Crippen LogP contribution in [0.4, 0.5) is 10.5 Å². The first-order chi connectivity index (χ1) is 14.5. The molecule has 0 atom stereocenters. The van der Waals surface area contributed by atoms with E-state index in [9.17, 15) is 9.59 Å². The molecule has 0 aromatic heterocycles. The lowest BCUT2D eigenvalue weighted by Gasteiger charge is -2.20. The Balaban J connectivity index is 2.25. The van der Waals surface area contributed by atoms with Crippen LogP contribution in [0.3, 0.4) is 0 Å². The number of ether oxygens (including phenoxy) is 4. The molecule has 0 aliphatic heterocycles. The topological polar surface area (TPSA) is 83.1 Å². The maximum Gasteiger partial charge on any atom is 0.411 e. The summed E-state index contributed by atoms with van der Waals surface area (Å²) in [5.74, 6) is 1.26. The van der Waals surface area contributed by atoms with Gasteiger partial charge in [0.25, 0.3) is 0 Å². The highest BCUT2D eigenvalue weighted by Crippen LogP contribution is 2.55. The SMILES string of the molecule is COC(=O)Nc1c(OC)c2c(c3c(OC)cc(C)cc13)C(=O)c1cccc(OC)c1-2. The number of aryl methyl sites for hydroxylation is 1. The molecule has 1 aliphatic rings. The molecule has 3 aromatic carbocycles. The highest BCUT2D eigenvalue weighted by molar-refractivity contribution is 6.32. The molecule has 0 heterocycles. The van der Waals surface area contributed by atoms with Crippen molar-refractivity contribution in [1.29, 1.82) is 0 Å². The highest BCUT2D eigenvalue weighted by Gasteiger charge is 2.37. The molecule has 1 aliphatic carbocycles. The fourth-order valence-electron chi connectivity index (χ4n) is 4.08. The van der Waals surface area contributed by atoms with Gasteiger partial charge in [-0.2, -0.15) is 0 Å². The number of carbonyl (C=O) groups excluding carboxylic acids is 2. The van der Waals surface area contributed by atoms with E-state index in [4.69, 9.17) is 18.9 Å². The van der Waals surface area contributed by atoms with Crippen molar-refractivity contribution in [2.24, 2.45) is 0 Å². The molecule has 154 valence electrons. The van der Waals surface area contributed by atoms with E-state index in [1.165, 1.54) is 14.2 Å². The monoisotopic (exact) mass is 407 g/mol. The second-order valence-corrected chi connectivity index (χ2v) is 6.88. The standard InChI is InChI=1S/C23H21NO6/c1-11-9-13-17(15(10-11)28-3)18-19(22(29-4)20(13)24-23(26)30-5)16-12(21(18)25)7-6-8-14(16)27-2/h6-10H,1-5H3,(H,24,26). The molecule has 0 bridgehead atoms. The first-order valence-electron chi connectivity index (χ1n) is 9.26. The van der Waals surface area contributed by atoms with Gasteiger partial charge in [-0.25, -0.2) is 4.79 Å². The van der Waals surface area contributed by atoms with Gasteiger partial charge in [0.15, 0.2) is 11.5 Å². The number of amides is 1. The van der Waals surface area contributed by atoms with E-state index in [0.717, 1.165) is 5.56 Å². The molecule has 1 N–H and O–H groups in total. The number of anilines is 1. The van der Waals surface area contributed by atoms with Crippen LogP contribution < -0.4 is 19.5 Å². The normalized spacial score (nSPS) is 11.7. The van der Waals surface area contributed by atoms with Crippen LogP contribution in [0.1, 0.15) is 21.5 Å². The Morgan fingerprint density at radius 2 is 1.63 bits per heavy atom. The van der Waals surface area contributed by atoms with Crippen molar-refractivity contribution >= 4 is 28.3 Å². The second kappa shape index (κ2) is 7.26. The van der Waals surface area contributed by atoms with Gasteiger partial charge < -0.3 is 18.9 Å². The van der Waals surface area contributed by atoms with Crippen LogP contribution in [-0.4, -0.2) is 40.3 Å². The first kappa shape index (κ1) is 19.6. The molecule has 0 unspecified atom stereocenters. The third-order valence-corrected chi connectivity index (χ3v) is 5.27. The van der Waals surface area contributed by atoms with E-state index >= 15 is 0 Å². The lowest BCUT2D eigenvalue weighted by Crippen LogP contribution is -2.13. The Morgan fingerprint density at radius 3 is 2.27 bits per heavy atom. The van der Waals surface area contributed by atoms with Gasteiger partial charge in [0.05, 0.1) is 34.1 Å². The van der Waals surface area contributed by atoms with E-state index in [1.807, 2.05) is 19.1 Å². The van der Waals surface area contributed by atoms with Crippen molar-refractivity contribution in [2.45, 2.75) is 6.92 Å². The first-order valence-corrected chi connectivity index (χ1v) is 9.26. The summed E-state index contributed by atoms with van der Waals surface area (Å²) in [6, 6.07) is 9.03. The summed E-state index contributed by atoms with van der Waals surface area (Å²) in [6.45, 7) is 1.91. The molecule has 0 fully saturated rings. The Kier molecular flexibility index (Phi) is 4.73. The van der Waals surface area contributed by atoms with Crippen LogP contribution in [0.5, 0.6) is 17.2 Å². The predicted octanol–water partition coefficient (Wildman–Crippen LogP) is 4.56. The second-order valence-electron chi connectivity index (χ2n) is 6.88. The van der Waals surface area contributed by atoms with Crippen LogP contribution >= 0.6 is 0 Å². The van der Waals surface area contributed by atoms with Crippen molar-refractivity contribution in [1.82, 2.24) is 0 Å². The molecule has 3 aromatic rings. The molecule has 1 amide bonds. The van der Waals surface area contributed by atoms with E-state index < -0.39 is 6.09 Å². The highest BCUT2D eigenvalue weighted by atomic mass is 16.5. The van der Waals surface area contributed by atoms with Crippen molar-refractivity contribution in [3.8, 4) is 28.4 Å². The largest absolute Gasteiger partial charge is 0.496 e. The number of ketones is 1. The molecule has 7 heteroatoms. The number of methoxy groups -OCH3 is 4. The summed E-state index contributed by atoms with van der Waals surface area (Å²) >= 11 is 0. The van der Waals surface area contributed by atoms with Gasteiger partial charge in [0, 0.05) is 33.0 Å². The quantitative estimate of drug-likeness (QED) is 0.534. The van der Waals surface area contributed by atoms with Gasteiger partial charge in [-0.05, 0) is 30.7 Å². The molecule has 0 radical (unpaired) electrons. The Morgan fingerprint density at radius 1 is 0.900 bits per heavy atom. The summed E-state index contributed by atoms with van der Waals surface area (Å²) in [6.07, 6.45) is -0.653. The van der Waals surface area contributed by atoms with Crippen LogP contribution in [-0.2, 0) is 4.74 Å². The third kappa shape index (κ3) is 2.66. The van der Waals surface area contributed by atoms with E-state index in [1.54, 1.807) is 32.4 Å². The molecule has 0 saturated heterocycles. The third-order valence-electron chi connectivity index (χ3n) is 5.27. The van der Waals surface area contributed by atoms with Crippen molar-refractivity contribution in [2.75, 3.05) is 33.8 Å². The molecule has 0 saturated carbocycles. The molecule has 0 spiro atoms. The Hall–Kier alpha value is -3.74. The fourth-order valence-corrected chi connectivity index (χ4v) is 4.08. The minimum Gasteiger partial charge on any atom is -0.496 e. The maximum absolute atomic E-state index is 13.5. The number of hydrogen-bond donors (Lipinski definition) is 1. The summed E-state index contributed by atoms with van der Waals surface area (Å²) < 4.78 is 21.7. The number of carbonyl (C=O) groups is 2. The van der Waals surface area contributed by atoms with Gasteiger partial charge in [-0.3, -0.25) is 10.1 Å². The predicted molar refractivity (Wildman–Crippen MR) is 113 cm³/mol. The molecular formula is C23H21NO6. The lowest BCUT2D eigenvalue weighted by atomic mass is 9.93. The summed E-state index contributed by atoms with van der Waals surface area (Å²) in [5.41, 5.74) is 3.42. The van der Waals surface area contributed by atoms with E-state index in [-0.39, 0.29) is 5.78 Å². The van der Waals surface area contributed by atoms with Gasteiger partial charge in [-0.15, -0.1) is 0 Å². The van der Waals surface area contributed by atoms with Crippen LogP contribution in [0.25, 0.3) is 21.9 Å². The minimum atomic E-state index is -0.653. The molecular weight excluding hydrogens is 386 g/mol. The zero-order valence-electron chi connectivity index (χ0n) is 17.3. The van der Waals surface area contributed by atoms with Gasteiger partial charge >= 0.3 is 6.09 Å². The number of nitrogens with one attached hydrogen (secondary N) is 1. The molecule has 4 rings (SSSR count). The average molecular weight is 407 g/mol. The van der Waals surface area contributed by atoms with Gasteiger partial charge in [0.1, 0.15) is 11.5 Å². The van der Waals surface area contributed by atoms with Crippen LogP contribution in [0.2, 0.25) is 0 Å². The van der Waals surface area contributed by atoms with Crippen molar-refractivity contribution in [3.63, 3.8) is 0 Å². The zero-order chi connectivity index (χ0) is 21.6. The van der Waals surface area contributed by atoms with Crippen LogP contribution in [0.15, 0.2) is 30.3 Å². The number of hydrogen-bond acceptors (Lipinski definition) is 6. The van der Waals surface area contributed by atoms with E-state index in [2.05, 4.69) is 5.32 Å². The average Bonchev–Trinajstić information content (AvgIpc) is 3.05. The van der Waals surface area contributed by atoms with E-state index in [0.29, 0.717) is 56.0 Å². The molecule has 30 heavy (non-hydrogen) atoms. The van der Waals surface area contributed by atoms with Gasteiger partial charge in [0.2, 0.25) is 0 Å². The van der Waals surface area contributed by atoms with Crippen molar-refractivity contribution in [3.05, 3.63) is 47.0 Å². The van der Waals surface area contributed by atoms with Crippen molar-refractivity contribution < 1.29 is 28.5 Å². The molecule has 7 nitrogen and oxygen atoms in total. The van der Waals surface area contributed by atoms with Crippen LogP contribution in [0, 0.1) is 6.92 Å². The number of benzene rings is 3. The zero-order valence-corrected chi connectivity index (χ0v) is 17.3. The minimum absolute atomic E-state index is 0.158. The Bertz CT molecular complexity index is 1210. The summed E-state index contributed by atoms with van der Waals surface area (Å²) in [4.78, 5) is 25.7. The summed E-state index contributed by atoms with van der Waals surface area (Å²) in [5, 5.41) is 3.96.